The van der Waals surface area contributed by atoms with Crippen LogP contribution in [0.15, 0.2) is 10.2 Å². The first-order valence-corrected chi connectivity index (χ1v) is 6.53. The fourth-order valence-corrected chi connectivity index (χ4v) is 3.00. The highest BCUT2D eigenvalue weighted by molar-refractivity contribution is 14.1. The number of nitrogens with one attached hydrogen (secondary N) is 1. The third kappa shape index (κ3) is 1.94. The number of rotatable bonds is 0. The molecule has 2 rings (SSSR count). The molecule has 0 aliphatic carbocycles. The van der Waals surface area contributed by atoms with Crippen LogP contribution in [0, 0.1) is 3.83 Å². The maximum atomic E-state index is 11.6. The van der Waals surface area contributed by atoms with Gasteiger partial charge in [0.05, 0.1) is 10.9 Å². The molecule has 0 amide bonds. The minimum absolute atomic E-state index is 0.0380. The van der Waals surface area contributed by atoms with Gasteiger partial charge in [-0.15, -0.1) is 11.3 Å². The largest absolute Gasteiger partial charge is 0.301 e. The van der Waals surface area contributed by atoms with Gasteiger partial charge in [0.25, 0.3) is 5.56 Å². The normalized spacial score (nSPS) is 12.3. The molecule has 15 heavy (non-hydrogen) atoms. The SMILES string of the molecule is CC(C)(C)c1scc2c(=O)[nH]c(I)nc12. The Morgan fingerprint density at radius 2 is 2.13 bits per heavy atom. The molecule has 5 heteroatoms. The summed E-state index contributed by atoms with van der Waals surface area (Å²) in [5, 5.41) is 2.59. The number of H-pyrrole nitrogens is 1. The average Bonchev–Trinajstić information content (AvgIpc) is 2.45. The fourth-order valence-electron chi connectivity index (χ4n) is 1.44. The predicted molar refractivity (Wildman–Crippen MR) is 71.7 cm³/mol. The lowest BCUT2D eigenvalue weighted by molar-refractivity contribution is 0.607. The van der Waals surface area contributed by atoms with Crippen molar-refractivity contribution in [1.82, 2.24) is 9.97 Å². The summed E-state index contributed by atoms with van der Waals surface area (Å²) in [4.78, 5) is 19.9. The summed E-state index contributed by atoms with van der Waals surface area (Å²) in [6.45, 7) is 6.40. The molecule has 0 fully saturated rings. The predicted octanol–water partition coefficient (Wildman–Crippen LogP) is 2.89. The maximum Gasteiger partial charge on any atom is 0.260 e. The lowest BCUT2D eigenvalue weighted by Gasteiger charge is -2.16. The molecule has 0 radical (unpaired) electrons. The van der Waals surface area contributed by atoms with Crippen LogP contribution in [0.25, 0.3) is 10.9 Å². The minimum Gasteiger partial charge on any atom is -0.301 e. The lowest BCUT2D eigenvalue weighted by Crippen LogP contribution is -2.13. The van der Waals surface area contributed by atoms with Gasteiger partial charge in [0.2, 0.25) is 0 Å². The second kappa shape index (κ2) is 3.55. The van der Waals surface area contributed by atoms with Crippen molar-refractivity contribution in [2.24, 2.45) is 0 Å². The minimum atomic E-state index is -0.0452. The molecule has 0 aliphatic heterocycles. The van der Waals surface area contributed by atoms with Crippen LogP contribution < -0.4 is 5.56 Å². The van der Waals surface area contributed by atoms with E-state index in [1.165, 1.54) is 4.88 Å². The molecule has 0 atom stereocenters. The zero-order valence-corrected chi connectivity index (χ0v) is 11.7. The van der Waals surface area contributed by atoms with Crippen LogP contribution in [0.5, 0.6) is 0 Å². The number of thiophene rings is 1. The highest BCUT2D eigenvalue weighted by atomic mass is 127. The zero-order chi connectivity index (χ0) is 11.2. The molecule has 80 valence electrons. The molecule has 0 unspecified atom stereocenters. The molecule has 0 spiro atoms. The van der Waals surface area contributed by atoms with E-state index in [1.807, 2.05) is 28.0 Å². The van der Waals surface area contributed by atoms with E-state index >= 15 is 0 Å². The monoisotopic (exact) mass is 334 g/mol. The Balaban J connectivity index is 2.86. The summed E-state index contributed by atoms with van der Waals surface area (Å²) in [5.41, 5.74) is 0.841. The first kappa shape index (κ1) is 11.1. The summed E-state index contributed by atoms with van der Waals surface area (Å²) in [6.07, 6.45) is 0. The van der Waals surface area contributed by atoms with Crippen molar-refractivity contribution in [1.29, 1.82) is 0 Å². The summed E-state index contributed by atoms with van der Waals surface area (Å²) >= 11 is 3.64. The summed E-state index contributed by atoms with van der Waals surface area (Å²) in [5.74, 6) is 0. The van der Waals surface area contributed by atoms with Crippen molar-refractivity contribution < 1.29 is 0 Å². The number of aromatic amines is 1. The molecule has 2 aromatic heterocycles. The van der Waals surface area contributed by atoms with Crippen LogP contribution in [0.1, 0.15) is 25.6 Å². The molecule has 0 bridgehead atoms. The number of aromatic nitrogens is 2. The molecule has 0 aromatic carbocycles. The van der Waals surface area contributed by atoms with Crippen molar-refractivity contribution in [3.05, 3.63) is 24.4 Å². The van der Waals surface area contributed by atoms with Gasteiger partial charge in [-0.05, 0) is 28.0 Å². The second-order valence-corrected chi connectivity index (χ2v) is 6.34. The van der Waals surface area contributed by atoms with Crippen molar-refractivity contribution in [2.45, 2.75) is 26.2 Å². The number of fused-ring (bicyclic) bond motifs is 1. The highest BCUT2D eigenvalue weighted by Gasteiger charge is 2.21. The van der Waals surface area contributed by atoms with E-state index in [-0.39, 0.29) is 11.0 Å². The summed E-state index contributed by atoms with van der Waals surface area (Å²) in [7, 11) is 0. The maximum absolute atomic E-state index is 11.6. The quantitative estimate of drug-likeness (QED) is 0.595. The highest BCUT2D eigenvalue weighted by Crippen LogP contribution is 2.32. The van der Waals surface area contributed by atoms with Gasteiger partial charge in [-0.3, -0.25) is 4.79 Å². The third-order valence-corrected chi connectivity index (χ3v) is 4.02. The molecule has 2 heterocycles. The summed E-state index contributed by atoms with van der Waals surface area (Å²) in [6, 6.07) is 0. The van der Waals surface area contributed by atoms with Crippen LogP contribution in [0.4, 0.5) is 0 Å². The zero-order valence-electron chi connectivity index (χ0n) is 8.72. The Bertz CT molecular complexity index is 565. The van der Waals surface area contributed by atoms with E-state index in [1.54, 1.807) is 11.3 Å². The van der Waals surface area contributed by atoms with Gasteiger partial charge < -0.3 is 4.98 Å². The van der Waals surface area contributed by atoms with Crippen molar-refractivity contribution >= 4 is 44.8 Å². The van der Waals surface area contributed by atoms with Crippen LogP contribution in [0.2, 0.25) is 0 Å². The molecular weight excluding hydrogens is 323 g/mol. The van der Waals surface area contributed by atoms with E-state index in [2.05, 4.69) is 30.7 Å². The van der Waals surface area contributed by atoms with E-state index in [0.29, 0.717) is 9.22 Å². The smallest absolute Gasteiger partial charge is 0.260 e. The average molecular weight is 334 g/mol. The van der Waals surface area contributed by atoms with Crippen LogP contribution in [-0.2, 0) is 5.41 Å². The van der Waals surface area contributed by atoms with Gasteiger partial charge in [-0.2, -0.15) is 0 Å². The van der Waals surface area contributed by atoms with Gasteiger partial charge in [-0.1, -0.05) is 20.8 Å². The molecule has 0 saturated carbocycles. The first-order chi connectivity index (χ1) is 6.89. The van der Waals surface area contributed by atoms with Gasteiger partial charge in [0.1, 0.15) is 0 Å². The number of nitrogens with zero attached hydrogens (tertiary/aromatic N) is 1. The number of hydrogen-bond acceptors (Lipinski definition) is 3. The van der Waals surface area contributed by atoms with Crippen molar-refractivity contribution in [3.8, 4) is 0 Å². The molecular formula is C10H11IN2OS. The standard InChI is InChI=1S/C10H11IN2OS/c1-10(2,3)7-6-5(4-15-7)8(14)13-9(11)12-6/h4H,1-3H3,(H,12,13,14). The third-order valence-electron chi connectivity index (χ3n) is 2.12. The molecule has 3 nitrogen and oxygen atoms in total. The Morgan fingerprint density at radius 1 is 1.47 bits per heavy atom. The molecule has 0 saturated heterocycles. The van der Waals surface area contributed by atoms with Gasteiger partial charge in [0.15, 0.2) is 3.83 Å². The first-order valence-electron chi connectivity index (χ1n) is 4.57. The van der Waals surface area contributed by atoms with Gasteiger partial charge >= 0.3 is 0 Å². The van der Waals surface area contributed by atoms with Crippen LogP contribution >= 0.6 is 33.9 Å². The summed E-state index contributed by atoms with van der Waals surface area (Å²) < 4.78 is 0.647. The van der Waals surface area contributed by atoms with Crippen LogP contribution in [0.3, 0.4) is 0 Å². The second-order valence-electron chi connectivity index (χ2n) is 4.43. The van der Waals surface area contributed by atoms with E-state index in [9.17, 15) is 4.79 Å². The van der Waals surface area contributed by atoms with E-state index in [0.717, 1.165) is 5.52 Å². The Labute approximate surface area is 105 Å². The Hall–Kier alpha value is -0.430. The molecule has 1 N–H and O–H groups in total. The fraction of sp³-hybridized carbons (Fsp3) is 0.400. The topological polar surface area (TPSA) is 45.8 Å². The van der Waals surface area contributed by atoms with E-state index < -0.39 is 0 Å². The van der Waals surface area contributed by atoms with Crippen molar-refractivity contribution in [3.63, 3.8) is 0 Å². The lowest BCUT2D eigenvalue weighted by atomic mass is 9.94. The number of hydrogen-bond donors (Lipinski definition) is 1. The Kier molecular flexibility index (Phi) is 2.62. The van der Waals surface area contributed by atoms with Crippen molar-refractivity contribution in [2.75, 3.05) is 0 Å². The Morgan fingerprint density at radius 3 is 2.73 bits per heavy atom. The van der Waals surface area contributed by atoms with Gasteiger partial charge in [0, 0.05) is 10.3 Å². The van der Waals surface area contributed by atoms with Gasteiger partial charge in [-0.25, -0.2) is 4.98 Å². The van der Waals surface area contributed by atoms with E-state index in [4.69, 9.17) is 0 Å². The molecule has 0 aliphatic rings. The molecule has 2 aromatic rings. The van der Waals surface area contributed by atoms with Crippen LogP contribution in [-0.4, -0.2) is 9.97 Å². The number of halogens is 1.